The van der Waals surface area contributed by atoms with Gasteiger partial charge in [-0.3, -0.25) is 4.90 Å². The van der Waals surface area contributed by atoms with E-state index in [4.69, 9.17) is 4.74 Å². The molecule has 3 heterocycles. The second kappa shape index (κ2) is 6.68. The third-order valence-corrected chi connectivity index (χ3v) is 4.84. The summed E-state index contributed by atoms with van der Waals surface area (Å²) in [5.74, 6) is 2.01. The third-order valence-electron chi connectivity index (χ3n) is 4.84. The molecule has 1 aromatic carbocycles. The van der Waals surface area contributed by atoms with E-state index in [1.807, 2.05) is 23.0 Å². The maximum atomic E-state index is 5.23. The molecule has 7 nitrogen and oxygen atoms in total. The smallest absolute Gasteiger partial charge is 0.137 e. The predicted octanol–water partition coefficient (Wildman–Crippen LogP) is 2.11. The summed E-state index contributed by atoms with van der Waals surface area (Å²) in [6, 6.07) is 8.56. The largest absolute Gasteiger partial charge is 0.497 e. The highest BCUT2D eigenvalue weighted by Gasteiger charge is 2.27. The molecule has 0 bridgehead atoms. The van der Waals surface area contributed by atoms with Crippen LogP contribution >= 0.6 is 0 Å². The molecule has 1 aliphatic rings. The van der Waals surface area contributed by atoms with E-state index in [1.165, 1.54) is 11.3 Å². The first-order chi connectivity index (χ1) is 12.2. The number of imidazole rings is 1. The first kappa shape index (κ1) is 15.8. The molecule has 130 valence electrons. The Hall–Kier alpha value is -2.67. The molecule has 1 atom stereocenters. The Labute approximate surface area is 146 Å². The minimum absolute atomic E-state index is 0.278. The average molecular weight is 338 g/mol. The van der Waals surface area contributed by atoms with Gasteiger partial charge in [-0.2, -0.15) is 5.10 Å². The summed E-state index contributed by atoms with van der Waals surface area (Å²) in [7, 11) is 1.69. The highest BCUT2D eigenvalue weighted by atomic mass is 16.5. The lowest BCUT2D eigenvalue weighted by Crippen LogP contribution is -2.37. The number of ether oxygens (including phenoxy) is 1. The number of benzene rings is 1. The lowest BCUT2D eigenvalue weighted by Gasteiger charge is -2.34. The SMILES string of the molecule is COc1ccc(CN2CCn3c(Cn4cncn4)cnc3[C@@H]2C)cc1. The fourth-order valence-electron chi connectivity index (χ4n) is 3.39. The van der Waals surface area contributed by atoms with Gasteiger partial charge in [0, 0.05) is 19.6 Å². The fraction of sp³-hybridized carbons (Fsp3) is 0.389. The molecule has 0 radical (unpaired) electrons. The number of nitrogens with zero attached hydrogens (tertiary/aromatic N) is 6. The van der Waals surface area contributed by atoms with Crippen LogP contribution in [0.25, 0.3) is 0 Å². The van der Waals surface area contributed by atoms with Crippen molar-refractivity contribution in [3.63, 3.8) is 0 Å². The van der Waals surface area contributed by atoms with Crippen LogP contribution in [0, 0.1) is 0 Å². The Morgan fingerprint density at radius 2 is 2.00 bits per heavy atom. The molecule has 0 fully saturated rings. The van der Waals surface area contributed by atoms with Crippen LogP contribution in [-0.2, 0) is 19.6 Å². The molecule has 0 saturated carbocycles. The monoisotopic (exact) mass is 338 g/mol. The number of methoxy groups -OCH3 is 1. The topological polar surface area (TPSA) is 61.0 Å². The van der Waals surface area contributed by atoms with Gasteiger partial charge in [-0.25, -0.2) is 14.6 Å². The molecule has 1 aliphatic heterocycles. The molecule has 4 rings (SSSR count). The van der Waals surface area contributed by atoms with Crippen molar-refractivity contribution in [1.29, 1.82) is 0 Å². The maximum Gasteiger partial charge on any atom is 0.137 e. The summed E-state index contributed by atoms with van der Waals surface area (Å²) in [4.78, 5) is 11.1. The van der Waals surface area contributed by atoms with Crippen molar-refractivity contribution in [2.75, 3.05) is 13.7 Å². The number of fused-ring (bicyclic) bond motifs is 1. The Balaban J connectivity index is 1.49. The normalized spacial score (nSPS) is 17.4. The minimum Gasteiger partial charge on any atom is -0.497 e. The van der Waals surface area contributed by atoms with Gasteiger partial charge >= 0.3 is 0 Å². The van der Waals surface area contributed by atoms with E-state index < -0.39 is 0 Å². The summed E-state index contributed by atoms with van der Waals surface area (Å²) < 4.78 is 9.38. The zero-order chi connectivity index (χ0) is 17.2. The number of hydrogen-bond acceptors (Lipinski definition) is 5. The Morgan fingerprint density at radius 1 is 1.16 bits per heavy atom. The molecule has 25 heavy (non-hydrogen) atoms. The van der Waals surface area contributed by atoms with Crippen molar-refractivity contribution in [1.82, 2.24) is 29.2 Å². The average Bonchev–Trinajstić information content (AvgIpc) is 3.29. The van der Waals surface area contributed by atoms with Gasteiger partial charge in [0.2, 0.25) is 0 Å². The van der Waals surface area contributed by atoms with Crippen molar-refractivity contribution in [3.8, 4) is 5.75 Å². The lowest BCUT2D eigenvalue weighted by molar-refractivity contribution is 0.155. The van der Waals surface area contributed by atoms with E-state index in [2.05, 4.69) is 43.6 Å². The summed E-state index contributed by atoms with van der Waals surface area (Å²) in [5.41, 5.74) is 2.46. The minimum atomic E-state index is 0.278. The highest BCUT2D eigenvalue weighted by molar-refractivity contribution is 5.27. The van der Waals surface area contributed by atoms with Crippen LogP contribution in [0.15, 0.2) is 43.1 Å². The number of aromatic nitrogens is 5. The first-order valence-corrected chi connectivity index (χ1v) is 8.48. The van der Waals surface area contributed by atoms with Crippen molar-refractivity contribution in [2.24, 2.45) is 0 Å². The van der Waals surface area contributed by atoms with Crippen LogP contribution in [0.5, 0.6) is 5.75 Å². The molecule has 0 aliphatic carbocycles. The highest BCUT2D eigenvalue weighted by Crippen LogP contribution is 2.27. The first-order valence-electron chi connectivity index (χ1n) is 8.48. The zero-order valence-electron chi connectivity index (χ0n) is 14.5. The van der Waals surface area contributed by atoms with Gasteiger partial charge in [0.15, 0.2) is 0 Å². The Morgan fingerprint density at radius 3 is 2.72 bits per heavy atom. The van der Waals surface area contributed by atoms with Crippen LogP contribution in [0.4, 0.5) is 0 Å². The molecule has 0 saturated heterocycles. The van der Waals surface area contributed by atoms with E-state index in [0.29, 0.717) is 6.54 Å². The van der Waals surface area contributed by atoms with Crippen molar-refractivity contribution >= 4 is 0 Å². The van der Waals surface area contributed by atoms with Crippen LogP contribution in [0.3, 0.4) is 0 Å². The van der Waals surface area contributed by atoms with Crippen molar-refractivity contribution in [3.05, 3.63) is 60.2 Å². The molecule has 3 aromatic rings. The molecule has 2 aromatic heterocycles. The molecule has 7 heteroatoms. The van der Waals surface area contributed by atoms with Gasteiger partial charge in [-0.05, 0) is 24.6 Å². The molecule has 0 spiro atoms. The number of rotatable bonds is 5. The van der Waals surface area contributed by atoms with Crippen LogP contribution in [0.1, 0.15) is 30.0 Å². The second-order valence-corrected chi connectivity index (χ2v) is 6.35. The Bertz CT molecular complexity index is 824. The van der Waals surface area contributed by atoms with Gasteiger partial charge in [0.05, 0.1) is 31.6 Å². The standard InChI is InChI=1S/C18H22N6O/c1-14-18-20-9-16(11-23-13-19-12-21-23)24(18)8-7-22(14)10-15-3-5-17(25-2)6-4-15/h3-6,9,12-14H,7-8,10-11H2,1-2H3/t14-/m0/s1. The van der Waals surface area contributed by atoms with Gasteiger partial charge in [-0.1, -0.05) is 12.1 Å². The summed E-state index contributed by atoms with van der Waals surface area (Å²) >= 11 is 0. The maximum absolute atomic E-state index is 5.23. The molecular weight excluding hydrogens is 316 g/mol. The summed E-state index contributed by atoms with van der Waals surface area (Å²) in [6.45, 7) is 5.79. The van der Waals surface area contributed by atoms with Crippen LogP contribution < -0.4 is 4.74 Å². The van der Waals surface area contributed by atoms with Gasteiger partial charge in [0.25, 0.3) is 0 Å². The quantitative estimate of drug-likeness (QED) is 0.713. The lowest BCUT2D eigenvalue weighted by atomic mass is 10.1. The van der Waals surface area contributed by atoms with E-state index in [0.717, 1.165) is 31.2 Å². The van der Waals surface area contributed by atoms with Crippen molar-refractivity contribution in [2.45, 2.75) is 32.6 Å². The molecule has 0 N–H and O–H groups in total. The Kier molecular flexibility index (Phi) is 4.23. The van der Waals surface area contributed by atoms with Gasteiger partial charge < -0.3 is 9.30 Å². The van der Waals surface area contributed by atoms with Crippen LogP contribution in [0.2, 0.25) is 0 Å². The van der Waals surface area contributed by atoms with E-state index in [1.54, 1.807) is 19.8 Å². The van der Waals surface area contributed by atoms with E-state index in [9.17, 15) is 0 Å². The second-order valence-electron chi connectivity index (χ2n) is 6.35. The van der Waals surface area contributed by atoms with Gasteiger partial charge in [0.1, 0.15) is 24.2 Å². The third kappa shape index (κ3) is 3.15. The summed E-state index contributed by atoms with van der Waals surface area (Å²) in [5, 5.41) is 4.19. The van der Waals surface area contributed by atoms with Crippen LogP contribution in [-0.4, -0.2) is 42.9 Å². The number of hydrogen-bond donors (Lipinski definition) is 0. The van der Waals surface area contributed by atoms with Crippen molar-refractivity contribution < 1.29 is 4.74 Å². The predicted molar refractivity (Wildman–Crippen MR) is 93.2 cm³/mol. The van der Waals surface area contributed by atoms with E-state index >= 15 is 0 Å². The van der Waals surface area contributed by atoms with Gasteiger partial charge in [-0.15, -0.1) is 0 Å². The summed E-state index contributed by atoms with van der Waals surface area (Å²) in [6.07, 6.45) is 5.26. The molecular formula is C18H22N6O. The zero-order valence-corrected chi connectivity index (χ0v) is 14.5. The molecule has 0 amide bonds. The molecule has 0 unspecified atom stereocenters. The fourth-order valence-corrected chi connectivity index (χ4v) is 3.39. The van der Waals surface area contributed by atoms with E-state index in [-0.39, 0.29) is 6.04 Å².